The van der Waals surface area contributed by atoms with E-state index in [0.29, 0.717) is 5.65 Å². The van der Waals surface area contributed by atoms with Crippen molar-refractivity contribution >= 4 is 21.7 Å². The first kappa shape index (κ1) is 11.6. The fourth-order valence-electron chi connectivity index (χ4n) is 1.58. The summed E-state index contributed by atoms with van der Waals surface area (Å²) in [6.45, 7) is 0. The van der Waals surface area contributed by atoms with E-state index in [9.17, 15) is 4.39 Å². The van der Waals surface area contributed by atoms with Crippen LogP contribution in [0.5, 0.6) is 10.9 Å². The van der Waals surface area contributed by atoms with E-state index < -0.39 is 5.82 Å². The number of thiazole rings is 1. The molecule has 19 heavy (non-hydrogen) atoms. The topological polar surface area (TPSA) is 58.8 Å². The van der Waals surface area contributed by atoms with E-state index in [0.717, 1.165) is 4.70 Å². The summed E-state index contributed by atoms with van der Waals surface area (Å²) in [5.74, 6) is -0.699. The molecule has 92 valence electrons. The van der Waals surface area contributed by atoms with Crippen LogP contribution in [0, 0.1) is 17.1 Å². The molecule has 1 aromatic carbocycles. The lowest BCUT2D eigenvalue weighted by atomic mass is 10.2. The van der Waals surface area contributed by atoms with Crippen LogP contribution < -0.4 is 4.74 Å². The predicted octanol–water partition coefficient (Wildman–Crippen LogP) is 3.49. The van der Waals surface area contributed by atoms with Gasteiger partial charge in [-0.15, -0.1) is 0 Å². The summed E-state index contributed by atoms with van der Waals surface area (Å²) in [7, 11) is 0. The zero-order valence-electron chi connectivity index (χ0n) is 9.50. The molecule has 6 heteroatoms. The summed E-state index contributed by atoms with van der Waals surface area (Å²) >= 11 is 1.25. The highest BCUT2D eigenvalue weighted by Crippen LogP contribution is 2.33. The number of pyridine rings is 1. The lowest BCUT2D eigenvalue weighted by Crippen LogP contribution is -1.91. The minimum absolute atomic E-state index is 0.107. The Bertz CT molecular complexity index is 761. The number of nitrogens with zero attached hydrogens (tertiary/aromatic N) is 3. The van der Waals surface area contributed by atoms with Crippen molar-refractivity contribution in [3.05, 3.63) is 47.9 Å². The average Bonchev–Trinajstić information content (AvgIpc) is 2.83. The number of para-hydroxylation sites is 1. The fourth-order valence-corrected chi connectivity index (χ4v) is 2.36. The SMILES string of the molecule is N#Cc1cccc(F)c1Oc1nc2ncccc2s1. The van der Waals surface area contributed by atoms with Gasteiger partial charge in [-0.05, 0) is 24.3 Å². The van der Waals surface area contributed by atoms with Gasteiger partial charge in [0.2, 0.25) is 0 Å². The van der Waals surface area contributed by atoms with E-state index >= 15 is 0 Å². The van der Waals surface area contributed by atoms with Crippen molar-refractivity contribution in [1.82, 2.24) is 9.97 Å². The van der Waals surface area contributed by atoms with Gasteiger partial charge in [-0.3, -0.25) is 0 Å². The smallest absolute Gasteiger partial charge is 0.281 e. The van der Waals surface area contributed by atoms with E-state index in [1.165, 1.54) is 29.5 Å². The lowest BCUT2D eigenvalue weighted by Gasteiger charge is -2.04. The van der Waals surface area contributed by atoms with Crippen LogP contribution in [0.25, 0.3) is 10.3 Å². The highest BCUT2D eigenvalue weighted by Gasteiger charge is 2.13. The third-order valence-corrected chi connectivity index (χ3v) is 3.31. The molecule has 2 aromatic heterocycles. The van der Waals surface area contributed by atoms with Gasteiger partial charge in [0.15, 0.2) is 17.2 Å². The molecule has 0 aliphatic rings. The normalized spacial score (nSPS) is 10.3. The van der Waals surface area contributed by atoms with Gasteiger partial charge in [-0.1, -0.05) is 17.4 Å². The maximum Gasteiger partial charge on any atom is 0.281 e. The first-order chi connectivity index (χ1) is 9.28. The zero-order valence-corrected chi connectivity index (χ0v) is 10.3. The number of benzene rings is 1. The van der Waals surface area contributed by atoms with Gasteiger partial charge in [0.25, 0.3) is 5.19 Å². The Balaban J connectivity index is 2.04. The van der Waals surface area contributed by atoms with Crippen molar-refractivity contribution in [2.45, 2.75) is 0 Å². The summed E-state index contributed by atoms with van der Waals surface area (Å²) < 4.78 is 19.9. The van der Waals surface area contributed by atoms with Crippen LogP contribution in [0.15, 0.2) is 36.5 Å². The molecule has 0 fully saturated rings. The van der Waals surface area contributed by atoms with E-state index in [1.54, 1.807) is 12.3 Å². The average molecular weight is 271 g/mol. The highest BCUT2D eigenvalue weighted by molar-refractivity contribution is 7.20. The first-order valence-corrected chi connectivity index (χ1v) is 6.17. The molecule has 0 saturated carbocycles. The van der Waals surface area contributed by atoms with Gasteiger partial charge in [-0.25, -0.2) is 9.37 Å². The molecule has 0 spiro atoms. The minimum Gasteiger partial charge on any atom is -0.426 e. The van der Waals surface area contributed by atoms with Crippen molar-refractivity contribution < 1.29 is 9.13 Å². The van der Waals surface area contributed by atoms with E-state index in [2.05, 4.69) is 9.97 Å². The van der Waals surface area contributed by atoms with Gasteiger partial charge < -0.3 is 4.74 Å². The van der Waals surface area contributed by atoms with Crippen LogP contribution >= 0.6 is 11.3 Å². The molecule has 0 atom stereocenters. The van der Waals surface area contributed by atoms with Crippen LogP contribution in [-0.2, 0) is 0 Å². The van der Waals surface area contributed by atoms with Gasteiger partial charge in [0.05, 0.1) is 10.3 Å². The van der Waals surface area contributed by atoms with Crippen molar-refractivity contribution in [2.24, 2.45) is 0 Å². The molecule has 0 amide bonds. The van der Waals surface area contributed by atoms with Gasteiger partial charge in [-0.2, -0.15) is 10.2 Å². The number of fused-ring (bicyclic) bond motifs is 1. The van der Waals surface area contributed by atoms with Crippen LogP contribution in [0.2, 0.25) is 0 Å². The molecule has 2 heterocycles. The van der Waals surface area contributed by atoms with Crippen molar-refractivity contribution in [2.75, 3.05) is 0 Å². The number of hydrogen-bond donors (Lipinski definition) is 0. The van der Waals surface area contributed by atoms with Crippen LogP contribution in [0.1, 0.15) is 5.56 Å². The highest BCUT2D eigenvalue weighted by atomic mass is 32.1. The number of hydrogen-bond acceptors (Lipinski definition) is 5. The van der Waals surface area contributed by atoms with Gasteiger partial charge >= 0.3 is 0 Å². The van der Waals surface area contributed by atoms with Crippen molar-refractivity contribution in [3.8, 4) is 17.0 Å². The second-order valence-electron chi connectivity index (χ2n) is 3.64. The quantitative estimate of drug-likeness (QED) is 0.715. The molecule has 0 aliphatic heterocycles. The number of aromatic nitrogens is 2. The maximum atomic E-state index is 13.7. The minimum atomic E-state index is -0.591. The Morgan fingerprint density at radius 2 is 2.16 bits per heavy atom. The number of nitriles is 1. The molecule has 3 rings (SSSR count). The monoisotopic (exact) mass is 271 g/mol. The first-order valence-electron chi connectivity index (χ1n) is 5.36. The van der Waals surface area contributed by atoms with Crippen LogP contribution in [-0.4, -0.2) is 9.97 Å². The molecule has 0 saturated heterocycles. The van der Waals surface area contributed by atoms with Crippen molar-refractivity contribution in [3.63, 3.8) is 0 Å². The summed E-state index contributed by atoms with van der Waals surface area (Å²) in [4.78, 5) is 8.20. The third kappa shape index (κ3) is 2.11. The molecule has 0 unspecified atom stereocenters. The van der Waals surface area contributed by atoms with Gasteiger partial charge in [0.1, 0.15) is 6.07 Å². The largest absolute Gasteiger partial charge is 0.426 e. The van der Waals surface area contributed by atoms with Gasteiger partial charge in [0, 0.05) is 6.20 Å². The molecule has 4 nitrogen and oxygen atoms in total. The summed E-state index contributed by atoms with van der Waals surface area (Å²) in [5.41, 5.74) is 0.671. The Morgan fingerprint density at radius 3 is 2.95 bits per heavy atom. The third-order valence-electron chi connectivity index (χ3n) is 2.42. The van der Waals surface area contributed by atoms with Crippen LogP contribution in [0.4, 0.5) is 4.39 Å². The molecule has 3 aromatic rings. The summed E-state index contributed by atoms with van der Waals surface area (Å²) in [6, 6.07) is 9.71. The van der Waals surface area contributed by atoms with E-state index in [4.69, 9.17) is 10.00 Å². The molecular weight excluding hydrogens is 265 g/mol. The standard InChI is InChI=1S/C13H6FN3OS/c14-9-4-1-3-8(7-15)11(9)18-13-17-12-10(19-13)5-2-6-16-12/h1-6H. The maximum absolute atomic E-state index is 13.7. The van der Waals surface area contributed by atoms with Crippen LogP contribution in [0.3, 0.4) is 0 Å². The number of rotatable bonds is 2. The molecule has 0 N–H and O–H groups in total. The number of halogens is 1. The summed E-state index contributed by atoms with van der Waals surface area (Å²) in [6.07, 6.45) is 1.62. The van der Waals surface area contributed by atoms with Crippen molar-refractivity contribution in [1.29, 1.82) is 5.26 Å². The molecule has 0 radical (unpaired) electrons. The van der Waals surface area contributed by atoms with E-state index in [-0.39, 0.29) is 16.5 Å². The Labute approximate surface area is 111 Å². The Hall–Kier alpha value is -2.52. The fraction of sp³-hybridized carbons (Fsp3) is 0. The number of ether oxygens (including phenoxy) is 1. The second-order valence-corrected chi connectivity index (χ2v) is 4.63. The molecule has 0 bridgehead atoms. The molecule has 0 aliphatic carbocycles. The zero-order chi connectivity index (χ0) is 13.2. The molecular formula is C13H6FN3OS. The van der Waals surface area contributed by atoms with E-state index in [1.807, 2.05) is 12.1 Å². The Kier molecular flexibility index (Phi) is 2.82. The second kappa shape index (κ2) is 4.63. The predicted molar refractivity (Wildman–Crippen MR) is 68.6 cm³/mol. The lowest BCUT2D eigenvalue weighted by molar-refractivity contribution is 0.439. The Morgan fingerprint density at radius 1 is 1.26 bits per heavy atom. The summed E-state index contributed by atoms with van der Waals surface area (Å²) in [5, 5.41) is 9.19.